The van der Waals surface area contributed by atoms with Gasteiger partial charge in [0.1, 0.15) is 12.1 Å². The zero-order valence-corrected chi connectivity index (χ0v) is 13.9. The minimum absolute atomic E-state index is 0.0969. The third-order valence-electron chi connectivity index (χ3n) is 3.41. The van der Waals surface area contributed by atoms with Gasteiger partial charge in [-0.25, -0.2) is 9.18 Å². The van der Waals surface area contributed by atoms with Crippen molar-refractivity contribution in [3.8, 4) is 11.1 Å². The summed E-state index contributed by atoms with van der Waals surface area (Å²) in [6, 6.07) is 9.50. The van der Waals surface area contributed by atoms with Crippen LogP contribution in [0, 0.1) is 5.82 Å². The Morgan fingerprint density at radius 1 is 1.21 bits per heavy atom. The molecule has 0 spiro atoms. The van der Waals surface area contributed by atoms with Crippen molar-refractivity contribution in [3.63, 3.8) is 0 Å². The normalized spacial score (nSPS) is 16.2. The number of carbonyl (C=O) groups excluding carboxylic acids is 1. The minimum atomic E-state index is -1.23. The fourth-order valence-electron chi connectivity index (χ4n) is 2.27. The first-order valence-corrected chi connectivity index (χ1v) is 7.61. The smallest absolute Gasteiger partial charge is 0.389 e. The van der Waals surface area contributed by atoms with Crippen molar-refractivity contribution in [2.75, 3.05) is 7.11 Å². The summed E-state index contributed by atoms with van der Waals surface area (Å²) >= 11 is 12.3. The number of halogens is 3. The number of benzene rings is 2. The Morgan fingerprint density at radius 2 is 1.92 bits per heavy atom. The van der Waals surface area contributed by atoms with Crippen LogP contribution in [0.1, 0.15) is 5.56 Å². The molecule has 1 unspecified atom stereocenters. The molecule has 0 saturated carbocycles. The van der Waals surface area contributed by atoms with Gasteiger partial charge in [-0.3, -0.25) is 0 Å². The van der Waals surface area contributed by atoms with Crippen LogP contribution in [0.4, 0.5) is 4.39 Å². The Kier molecular flexibility index (Phi) is 4.64. The molecule has 3 rings (SSSR count). The van der Waals surface area contributed by atoms with Crippen LogP contribution in [0.2, 0.25) is 10.0 Å². The maximum atomic E-state index is 14.5. The van der Waals surface area contributed by atoms with Crippen LogP contribution in [0.15, 0.2) is 42.7 Å². The van der Waals surface area contributed by atoms with Gasteiger partial charge in [0.05, 0.1) is 12.7 Å². The van der Waals surface area contributed by atoms with Gasteiger partial charge in [-0.2, -0.15) is 0 Å². The molecular weight excluding hydrogens is 358 g/mol. The summed E-state index contributed by atoms with van der Waals surface area (Å²) < 4.78 is 29.2. The summed E-state index contributed by atoms with van der Waals surface area (Å²) in [5, 5.41) is 0.833. The molecule has 1 aliphatic rings. The van der Waals surface area contributed by atoms with Gasteiger partial charge >= 0.3 is 12.3 Å². The maximum Gasteiger partial charge on any atom is 0.389 e. The largest absolute Gasteiger partial charge is 0.463 e. The average Bonchev–Trinajstić information content (AvgIpc) is 3.04. The van der Waals surface area contributed by atoms with Gasteiger partial charge in [0.25, 0.3) is 0 Å². The minimum Gasteiger partial charge on any atom is -0.463 e. The lowest BCUT2D eigenvalue weighted by molar-refractivity contribution is -0.165. The SMILES string of the molecule is COC(=O)C1OC=C(c2ccc(-c3c(Cl)cccc3Cl)cc2F)O1. The highest BCUT2D eigenvalue weighted by Gasteiger charge is 2.30. The van der Waals surface area contributed by atoms with E-state index in [1.165, 1.54) is 25.5 Å². The van der Waals surface area contributed by atoms with E-state index in [0.29, 0.717) is 21.2 Å². The lowest BCUT2D eigenvalue weighted by Crippen LogP contribution is -2.22. The van der Waals surface area contributed by atoms with Gasteiger partial charge in [-0.05, 0) is 29.8 Å². The topological polar surface area (TPSA) is 44.8 Å². The first-order chi connectivity index (χ1) is 11.5. The highest BCUT2D eigenvalue weighted by molar-refractivity contribution is 6.39. The highest BCUT2D eigenvalue weighted by Crippen LogP contribution is 2.36. The lowest BCUT2D eigenvalue weighted by atomic mass is 10.0. The van der Waals surface area contributed by atoms with Crippen molar-refractivity contribution in [1.82, 2.24) is 0 Å². The number of hydrogen-bond acceptors (Lipinski definition) is 4. The second kappa shape index (κ2) is 6.71. The quantitative estimate of drug-likeness (QED) is 0.740. The van der Waals surface area contributed by atoms with E-state index in [-0.39, 0.29) is 11.3 Å². The molecule has 0 bridgehead atoms. The molecule has 1 aliphatic heterocycles. The number of methoxy groups -OCH3 is 1. The fraction of sp³-hybridized carbons (Fsp3) is 0.118. The van der Waals surface area contributed by atoms with E-state index in [1.54, 1.807) is 24.3 Å². The molecule has 4 nitrogen and oxygen atoms in total. The van der Waals surface area contributed by atoms with Crippen molar-refractivity contribution in [1.29, 1.82) is 0 Å². The molecule has 24 heavy (non-hydrogen) atoms. The number of carbonyl (C=O) groups is 1. The second-order valence-electron chi connectivity index (χ2n) is 4.88. The third-order valence-corrected chi connectivity index (χ3v) is 4.04. The zero-order valence-electron chi connectivity index (χ0n) is 12.4. The van der Waals surface area contributed by atoms with Crippen LogP contribution in [0.3, 0.4) is 0 Å². The van der Waals surface area contributed by atoms with Crippen LogP contribution >= 0.6 is 23.2 Å². The van der Waals surface area contributed by atoms with Crippen molar-refractivity contribution in [3.05, 3.63) is 64.1 Å². The van der Waals surface area contributed by atoms with Crippen LogP contribution in [-0.2, 0) is 19.0 Å². The summed E-state index contributed by atoms with van der Waals surface area (Å²) in [5.74, 6) is -1.18. The third kappa shape index (κ3) is 3.05. The zero-order chi connectivity index (χ0) is 17.3. The maximum absolute atomic E-state index is 14.5. The van der Waals surface area contributed by atoms with E-state index in [4.69, 9.17) is 32.7 Å². The molecule has 0 aliphatic carbocycles. The second-order valence-corrected chi connectivity index (χ2v) is 5.70. The molecule has 1 heterocycles. The van der Waals surface area contributed by atoms with Gasteiger partial charge in [0.15, 0.2) is 5.76 Å². The predicted molar refractivity (Wildman–Crippen MR) is 87.8 cm³/mol. The standard InChI is InChI=1S/C17H11Cl2FO4/c1-22-16(21)17-23-8-14(24-17)10-6-5-9(7-13(10)20)15-11(18)3-2-4-12(15)19/h2-8,17H,1H3. The fourth-order valence-corrected chi connectivity index (χ4v) is 2.88. The van der Waals surface area contributed by atoms with Crippen molar-refractivity contribution >= 4 is 34.9 Å². The molecule has 2 aromatic rings. The van der Waals surface area contributed by atoms with Crippen molar-refractivity contribution < 1.29 is 23.4 Å². The lowest BCUT2D eigenvalue weighted by Gasteiger charge is -2.11. The first kappa shape index (κ1) is 16.6. The van der Waals surface area contributed by atoms with E-state index in [2.05, 4.69) is 4.74 Å². The van der Waals surface area contributed by atoms with Crippen LogP contribution < -0.4 is 0 Å². The Balaban J connectivity index is 1.91. The molecular formula is C17H11Cl2FO4. The molecule has 0 fully saturated rings. The first-order valence-electron chi connectivity index (χ1n) is 6.85. The summed E-state index contributed by atoms with van der Waals surface area (Å²) in [6.07, 6.45) is -0.0654. The Labute approximate surface area is 147 Å². The van der Waals surface area contributed by atoms with Crippen LogP contribution in [-0.4, -0.2) is 19.4 Å². The van der Waals surface area contributed by atoms with Crippen LogP contribution in [0.5, 0.6) is 0 Å². The predicted octanol–water partition coefficient (Wildman–Crippen LogP) is 4.64. The van der Waals surface area contributed by atoms with Crippen molar-refractivity contribution in [2.45, 2.75) is 6.29 Å². The van der Waals surface area contributed by atoms with Gasteiger partial charge in [-0.15, -0.1) is 0 Å². The van der Waals surface area contributed by atoms with E-state index >= 15 is 0 Å². The molecule has 0 amide bonds. The number of rotatable bonds is 3. The van der Waals surface area contributed by atoms with Gasteiger partial charge in [0, 0.05) is 15.6 Å². The van der Waals surface area contributed by atoms with Gasteiger partial charge in [-0.1, -0.05) is 35.3 Å². The number of hydrogen-bond donors (Lipinski definition) is 0. The summed E-state index contributed by atoms with van der Waals surface area (Å²) in [6.45, 7) is 0. The molecule has 1 atom stereocenters. The summed E-state index contributed by atoms with van der Waals surface area (Å²) in [7, 11) is 1.20. The Morgan fingerprint density at radius 3 is 2.54 bits per heavy atom. The summed E-state index contributed by atoms with van der Waals surface area (Å²) in [5.41, 5.74) is 1.21. The van der Waals surface area contributed by atoms with E-state index in [9.17, 15) is 9.18 Å². The number of esters is 1. The molecule has 2 aromatic carbocycles. The average molecular weight is 369 g/mol. The molecule has 0 saturated heterocycles. The monoisotopic (exact) mass is 368 g/mol. The number of ether oxygens (including phenoxy) is 3. The van der Waals surface area contributed by atoms with Gasteiger partial charge < -0.3 is 14.2 Å². The van der Waals surface area contributed by atoms with E-state index in [1.807, 2.05) is 0 Å². The molecule has 0 radical (unpaired) electrons. The molecule has 0 aromatic heterocycles. The summed E-state index contributed by atoms with van der Waals surface area (Å²) in [4.78, 5) is 11.4. The molecule has 124 valence electrons. The van der Waals surface area contributed by atoms with E-state index in [0.717, 1.165) is 0 Å². The van der Waals surface area contributed by atoms with Crippen molar-refractivity contribution in [2.24, 2.45) is 0 Å². The Hall–Kier alpha value is -2.24. The molecule has 0 N–H and O–H groups in total. The Bertz CT molecular complexity index is 815. The highest BCUT2D eigenvalue weighted by atomic mass is 35.5. The van der Waals surface area contributed by atoms with E-state index < -0.39 is 18.1 Å². The van der Waals surface area contributed by atoms with Crippen LogP contribution in [0.25, 0.3) is 16.9 Å². The molecule has 7 heteroatoms. The van der Waals surface area contributed by atoms with Gasteiger partial charge in [0.2, 0.25) is 0 Å².